The van der Waals surface area contributed by atoms with Crippen molar-refractivity contribution in [3.63, 3.8) is 0 Å². The molecule has 0 heterocycles. The Morgan fingerprint density at radius 2 is 0.904 bits per heavy atom. The number of fused-ring (bicyclic) bond motifs is 2. The van der Waals surface area contributed by atoms with E-state index < -0.39 is 44.8 Å². The van der Waals surface area contributed by atoms with Gasteiger partial charge in [0.15, 0.2) is 0 Å². The molecule has 0 amide bonds. The molecule has 0 aliphatic heterocycles. The van der Waals surface area contributed by atoms with Crippen molar-refractivity contribution in [2.75, 3.05) is 0 Å². The summed E-state index contributed by atoms with van der Waals surface area (Å²) in [6.07, 6.45) is -3.68. The van der Waals surface area contributed by atoms with Crippen molar-refractivity contribution < 1.29 is 41.6 Å². The Balaban J connectivity index is 1.64. The van der Waals surface area contributed by atoms with Crippen LogP contribution in [0.25, 0.3) is 34.4 Å². The Morgan fingerprint density at radius 1 is 0.558 bits per heavy atom. The maximum atomic E-state index is 14.4. The predicted molar refractivity (Wildman–Crippen MR) is 205 cm³/mol. The standard InChI is InChI=1S/2C20H18F3.C2H7Si.2ClH.Hf/c2*1-13(2)10-14-11-15-6-5-8-16(18(15)12-14)17-7-3-4-9-19(17)20(21,22)23;1-3-2;;;/h2*3-9,11-13H,10H2,1-2H3;3H,1-2H3;2*1H;/q;;;;;+2/p-2. The van der Waals surface area contributed by atoms with Crippen LogP contribution in [0, 0.1) is 11.8 Å². The Labute approximate surface area is 311 Å². The zero-order chi connectivity index (χ0) is 38.0. The van der Waals surface area contributed by atoms with Crippen LogP contribution in [0.1, 0.15) is 81.3 Å². The Bertz CT molecular complexity index is 1930. The first-order valence-electron chi connectivity index (χ1n) is 17.8. The quantitative estimate of drug-likeness (QED) is 0.116. The fraction of sp³-hybridized carbons (Fsp3) is 0.333. The van der Waals surface area contributed by atoms with Crippen molar-refractivity contribution in [1.29, 1.82) is 0 Å². The van der Waals surface area contributed by atoms with E-state index >= 15 is 0 Å². The third kappa shape index (κ3) is 6.77. The summed E-state index contributed by atoms with van der Waals surface area (Å²) in [6.45, 7) is 12.8. The molecular formula is C42H43Cl2F6HfSi. The van der Waals surface area contributed by atoms with Gasteiger partial charge < -0.3 is 0 Å². The fourth-order valence-electron chi connectivity index (χ4n) is 8.76. The third-order valence-corrected chi connectivity index (χ3v) is 83.7. The van der Waals surface area contributed by atoms with E-state index in [4.69, 9.17) is 17.2 Å². The van der Waals surface area contributed by atoms with Crippen LogP contribution in [-0.2, 0) is 27.7 Å². The van der Waals surface area contributed by atoms with Crippen LogP contribution in [0.3, 0.4) is 0 Å². The second kappa shape index (κ2) is 14.0. The molecule has 0 radical (unpaired) electrons. The summed E-state index contributed by atoms with van der Waals surface area (Å²) in [5.74, 6) is -1.63. The van der Waals surface area contributed by atoms with E-state index in [9.17, 15) is 26.3 Å². The molecule has 0 spiro atoms. The molecule has 4 aromatic rings. The second-order valence-electron chi connectivity index (χ2n) is 15.6. The molecule has 0 saturated heterocycles. The maximum absolute atomic E-state index is 14.4. The SMILES string of the molecule is CC(C)CC1=Cc2c(-c3ccccc3C(F)(F)F)cccc2[CH]1[Hf]([Cl])([Cl])([CH]1C(CC(C)C)=Cc2c(-c3ccccc3C(F)(F)F)cccc21)[SiH](C)C. The number of allylic oxidation sites excluding steroid dienone is 2. The molecule has 2 unspecified atom stereocenters. The van der Waals surface area contributed by atoms with E-state index in [1.165, 1.54) is 24.3 Å². The Kier molecular flexibility index (Phi) is 10.6. The normalized spacial score (nSPS) is 18.4. The molecule has 0 aromatic heterocycles. The van der Waals surface area contributed by atoms with Gasteiger partial charge in [0.2, 0.25) is 0 Å². The van der Waals surface area contributed by atoms with Gasteiger partial charge in [0.05, 0.1) is 0 Å². The topological polar surface area (TPSA) is 0 Å². The monoisotopic (exact) mass is 939 g/mol. The summed E-state index contributed by atoms with van der Waals surface area (Å²) >= 11 is -5.58. The molecule has 52 heavy (non-hydrogen) atoms. The summed E-state index contributed by atoms with van der Waals surface area (Å²) in [5.41, 5.74) is 5.03. The molecule has 2 atom stereocenters. The van der Waals surface area contributed by atoms with Crippen molar-refractivity contribution in [3.8, 4) is 22.3 Å². The van der Waals surface area contributed by atoms with E-state index in [1.807, 2.05) is 24.3 Å². The fourth-order valence-corrected chi connectivity index (χ4v) is 53.2. The first-order chi connectivity index (χ1) is 24.2. The van der Waals surface area contributed by atoms with Gasteiger partial charge in [0, 0.05) is 0 Å². The first-order valence-corrected chi connectivity index (χ1v) is 40.0. The number of hydrogen-bond donors (Lipinski definition) is 0. The molecule has 0 N–H and O–H groups in total. The van der Waals surface area contributed by atoms with E-state index in [-0.39, 0.29) is 30.3 Å². The zero-order valence-corrected chi connectivity index (χ0v) is 36.3. The van der Waals surface area contributed by atoms with Crippen molar-refractivity contribution >= 4 is 35.3 Å². The van der Waals surface area contributed by atoms with Gasteiger partial charge in [0.1, 0.15) is 0 Å². The molecular weight excluding hydrogens is 896 g/mol. The van der Waals surface area contributed by atoms with Crippen molar-refractivity contribution in [2.45, 2.75) is 73.3 Å². The first kappa shape index (κ1) is 39.3. The molecule has 0 nitrogen and oxygen atoms in total. The molecule has 0 bridgehead atoms. The average molecular weight is 939 g/mol. The molecule has 2 aliphatic carbocycles. The molecule has 0 saturated carbocycles. The van der Waals surface area contributed by atoms with Crippen LogP contribution in [-0.4, -0.2) is 5.98 Å². The van der Waals surface area contributed by atoms with Crippen LogP contribution >= 0.6 is 17.2 Å². The summed E-state index contributed by atoms with van der Waals surface area (Å²) in [6, 6.07) is 22.4. The van der Waals surface area contributed by atoms with Crippen LogP contribution < -0.4 is 0 Å². The van der Waals surface area contributed by atoms with Gasteiger partial charge in [-0.05, 0) is 0 Å². The number of halogens is 8. The molecule has 6 rings (SSSR count). The van der Waals surface area contributed by atoms with Gasteiger partial charge in [-0.1, -0.05) is 0 Å². The third-order valence-electron chi connectivity index (χ3n) is 10.8. The Morgan fingerprint density at radius 3 is 1.23 bits per heavy atom. The number of alkyl halides is 6. The molecule has 2 aliphatic rings. The van der Waals surface area contributed by atoms with Crippen LogP contribution in [0.15, 0.2) is 96.1 Å². The molecule has 10 heteroatoms. The average Bonchev–Trinajstić information content (AvgIpc) is 3.62. The summed E-state index contributed by atoms with van der Waals surface area (Å²) in [7, 11) is 17.1. The van der Waals surface area contributed by atoms with Gasteiger partial charge >= 0.3 is 314 Å². The molecule has 4 aromatic carbocycles. The van der Waals surface area contributed by atoms with E-state index in [0.717, 1.165) is 45.5 Å². The molecule has 275 valence electrons. The van der Waals surface area contributed by atoms with Crippen molar-refractivity contribution in [1.82, 2.24) is 0 Å². The second-order valence-corrected chi connectivity index (χ2v) is 74.9. The van der Waals surface area contributed by atoms with E-state index in [1.54, 1.807) is 24.3 Å². The van der Waals surface area contributed by atoms with E-state index in [0.29, 0.717) is 24.0 Å². The van der Waals surface area contributed by atoms with E-state index in [2.05, 4.69) is 52.9 Å². The van der Waals surface area contributed by atoms with Crippen LogP contribution in [0.5, 0.6) is 0 Å². The molecule has 0 fully saturated rings. The van der Waals surface area contributed by atoms with Crippen LogP contribution in [0.2, 0.25) is 13.1 Å². The van der Waals surface area contributed by atoms with Crippen LogP contribution in [0.4, 0.5) is 26.3 Å². The van der Waals surface area contributed by atoms with Gasteiger partial charge in [-0.2, -0.15) is 0 Å². The van der Waals surface area contributed by atoms with Crippen molar-refractivity contribution in [2.24, 2.45) is 11.8 Å². The number of hydrogen-bond acceptors (Lipinski definition) is 0. The summed E-state index contributed by atoms with van der Waals surface area (Å²) < 4.78 is 85.6. The predicted octanol–water partition coefficient (Wildman–Crippen LogP) is 14.7. The van der Waals surface area contributed by atoms with Gasteiger partial charge in [-0.15, -0.1) is 0 Å². The summed E-state index contributed by atoms with van der Waals surface area (Å²) in [5, 5.41) is 0. The Hall–Kier alpha value is -2.39. The minimum absolute atomic E-state index is 0.106. The minimum atomic E-state index is -5.58. The van der Waals surface area contributed by atoms with Gasteiger partial charge in [-0.3, -0.25) is 0 Å². The summed E-state index contributed by atoms with van der Waals surface area (Å²) in [4.78, 5) is 0. The number of benzene rings is 4. The number of rotatable bonds is 9. The van der Waals surface area contributed by atoms with Crippen molar-refractivity contribution in [3.05, 3.63) is 129 Å². The van der Waals surface area contributed by atoms with Gasteiger partial charge in [-0.25, -0.2) is 0 Å². The van der Waals surface area contributed by atoms with Gasteiger partial charge in [0.25, 0.3) is 0 Å². The zero-order valence-electron chi connectivity index (χ0n) is 30.1.